The lowest BCUT2D eigenvalue weighted by Crippen LogP contribution is -2.42. The number of carbonyl (C=O) groups is 2. The molecule has 0 spiro atoms. The Morgan fingerprint density at radius 1 is 1.09 bits per heavy atom. The van der Waals surface area contributed by atoms with Gasteiger partial charge in [-0.2, -0.15) is 5.10 Å². The highest BCUT2D eigenvalue weighted by molar-refractivity contribution is 7.20. The number of benzene rings is 1. The Morgan fingerprint density at radius 3 is 2.50 bits per heavy atom. The molecule has 0 atom stereocenters. The van der Waals surface area contributed by atoms with E-state index in [0.717, 1.165) is 40.1 Å². The molecule has 2 N–H and O–H groups in total. The van der Waals surface area contributed by atoms with Gasteiger partial charge in [-0.05, 0) is 44.7 Å². The Bertz CT molecular complexity index is 1520. The summed E-state index contributed by atoms with van der Waals surface area (Å²) in [5.41, 5.74) is 6.42. The average molecular weight is 477 g/mol. The molecule has 1 aromatic carbocycles. The molecule has 2 amide bonds. The molecule has 0 bridgehead atoms. The van der Waals surface area contributed by atoms with Gasteiger partial charge in [0.15, 0.2) is 5.69 Å². The molecule has 0 unspecified atom stereocenters. The molecule has 1 aliphatic rings. The average Bonchev–Trinajstić information content (AvgIpc) is 3.62. The number of nitrogens with one attached hydrogen (secondary N) is 2. The molecular formula is C24H24N6O3S. The molecule has 10 heteroatoms. The summed E-state index contributed by atoms with van der Waals surface area (Å²) in [6.07, 6.45) is 2.89. The molecule has 4 aromatic rings. The van der Waals surface area contributed by atoms with Gasteiger partial charge in [0.2, 0.25) is 0 Å². The molecule has 174 valence electrons. The van der Waals surface area contributed by atoms with Crippen molar-refractivity contribution in [2.24, 2.45) is 0 Å². The van der Waals surface area contributed by atoms with Crippen LogP contribution >= 0.6 is 11.3 Å². The van der Waals surface area contributed by atoms with Crippen LogP contribution in [0.15, 0.2) is 29.1 Å². The summed E-state index contributed by atoms with van der Waals surface area (Å²) in [5.74, 6) is 0.222. The minimum absolute atomic E-state index is 0.0767. The summed E-state index contributed by atoms with van der Waals surface area (Å²) in [7, 11) is 0. The number of thiophene rings is 1. The van der Waals surface area contributed by atoms with Crippen molar-refractivity contribution in [2.45, 2.75) is 52.5 Å². The Kier molecular flexibility index (Phi) is 5.60. The van der Waals surface area contributed by atoms with Crippen LogP contribution in [0.1, 0.15) is 69.3 Å². The molecule has 1 saturated carbocycles. The number of nitrogens with zero attached hydrogens (tertiary/aromatic N) is 4. The minimum Gasteiger partial charge on any atom is -0.267 e. The lowest BCUT2D eigenvalue weighted by atomic mass is 10.1. The first-order valence-electron chi connectivity index (χ1n) is 11.3. The quantitative estimate of drug-likeness (QED) is 0.426. The number of aromatic nitrogens is 4. The normalized spacial score (nSPS) is 13.4. The smallest absolute Gasteiger partial charge is 0.267 e. The lowest BCUT2D eigenvalue weighted by Gasteiger charge is -2.11. The van der Waals surface area contributed by atoms with Crippen LogP contribution in [-0.2, 0) is 6.54 Å². The van der Waals surface area contributed by atoms with Gasteiger partial charge in [0.1, 0.15) is 10.7 Å². The summed E-state index contributed by atoms with van der Waals surface area (Å²) in [5, 5.41) is 5.98. The van der Waals surface area contributed by atoms with Crippen molar-refractivity contribution in [2.75, 3.05) is 0 Å². The fraction of sp³-hybridized carbons (Fsp3) is 0.333. The summed E-state index contributed by atoms with van der Waals surface area (Å²) in [4.78, 5) is 49.1. The molecule has 0 aliphatic heterocycles. The maximum Gasteiger partial charge on any atom is 0.290 e. The molecule has 1 fully saturated rings. The highest BCUT2D eigenvalue weighted by Crippen LogP contribution is 2.40. The van der Waals surface area contributed by atoms with Gasteiger partial charge in [0.25, 0.3) is 17.4 Å². The van der Waals surface area contributed by atoms with Crippen LogP contribution in [0.25, 0.3) is 21.0 Å². The summed E-state index contributed by atoms with van der Waals surface area (Å²) < 4.78 is 1.29. The van der Waals surface area contributed by atoms with Gasteiger partial charge < -0.3 is 0 Å². The van der Waals surface area contributed by atoms with Crippen molar-refractivity contribution in [3.8, 4) is 0 Å². The third-order valence-corrected chi connectivity index (χ3v) is 7.13. The number of hydrogen-bond acceptors (Lipinski definition) is 7. The predicted molar refractivity (Wildman–Crippen MR) is 130 cm³/mol. The number of fused-ring (bicyclic) bond motifs is 2. The van der Waals surface area contributed by atoms with Crippen LogP contribution in [0, 0.1) is 13.8 Å². The van der Waals surface area contributed by atoms with Crippen molar-refractivity contribution < 1.29 is 9.59 Å². The van der Waals surface area contributed by atoms with E-state index in [4.69, 9.17) is 0 Å². The summed E-state index contributed by atoms with van der Waals surface area (Å²) in [6, 6.07) is 6.82. The van der Waals surface area contributed by atoms with Crippen molar-refractivity contribution in [3.05, 3.63) is 62.3 Å². The van der Waals surface area contributed by atoms with Gasteiger partial charge in [-0.3, -0.25) is 25.2 Å². The van der Waals surface area contributed by atoms with Crippen molar-refractivity contribution in [3.63, 3.8) is 0 Å². The highest BCUT2D eigenvalue weighted by Gasteiger charge is 2.28. The van der Waals surface area contributed by atoms with Gasteiger partial charge >= 0.3 is 0 Å². The van der Waals surface area contributed by atoms with Crippen LogP contribution in [0.3, 0.4) is 0 Å². The van der Waals surface area contributed by atoms with E-state index in [1.54, 1.807) is 24.3 Å². The second kappa shape index (κ2) is 8.60. The third kappa shape index (κ3) is 3.83. The van der Waals surface area contributed by atoms with E-state index in [9.17, 15) is 14.4 Å². The largest absolute Gasteiger partial charge is 0.290 e. The summed E-state index contributed by atoms with van der Waals surface area (Å²) in [6.45, 7) is 6.11. The Hall–Kier alpha value is -3.66. The van der Waals surface area contributed by atoms with Crippen molar-refractivity contribution >= 4 is 44.1 Å². The molecule has 34 heavy (non-hydrogen) atoms. The monoisotopic (exact) mass is 476 g/mol. The van der Waals surface area contributed by atoms with Gasteiger partial charge in [0, 0.05) is 23.2 Å². The third-order valence-electron chi connectivity index (χ3n) is 5.94. The summed E-state index contributed by atoms with van der Waals surface area (Å²) >= 11 is 1.29. The van der Waals surface area contributed by atoms with E-state index in [-0.39, 0.29) is 11.3 Å². The van der Waals surface area contributed by atoms with E-state index in [2.05, 4.69) is 25.9 Å². The molecule has 1 aliphatic carbocycles. The number of aryl methyl sites for hydroxylation is 3. The first-order valence-corrected chi connectivity index (χ1v) is 12.1. The molecule has 0 radical (unpaired) electrons. The first kappa shape index (κ1) is 22.1. The Labute approximate surface area is 199 Å². The van der Waals surface area contributed by atoms with Crippen LogP contribution in [0.2, 0.25) is 0 Å². The van der Waals surface area contributed by atoms with Crippen LogP contribution in [0.4, 0.5) is 0 Å². The number of hydrazine groups is 1. The number of amides is 2. The first-order chi connectivity index (χ1) is 16.4. The zero-order valence-corrected chi connectivity index (χ0v) is 20.0. The van der Waals surface area contributed by atoms with E-state index in [0.29, 0.717) is 34.5 Å². The molecule has 5 rings (SSSR count). The molecule has 3 heterocycles. The van der Waals surface area contributed by atoms with Crippen LogP contribution < -0.4 is 16.4 Å². The van der Waals surface area contributed by atoms with E-state index < -0.39 is 11.8 Å². The van der Waals surface area contributed by atoms with Gasteiger partial charge in [0.05, 0.1) is 16.0 Å². The van der Waals surface area contributed by atoms with Crippen molar-refractivity contribution in [1.29, 1.82) is 0 Å². The van der Waals surface area contributed by atoms with E-state index >= 15 is 0 Å². The van der Waals surface area contributed by atoms with E-state index in [1.165, 1.54) is 16.0 Å². The Morgan fingerprint density at radius 2 is 1.79 bits per heavy atom. The fourth-order valence-corrected chi connectivity index (χ4v) is 5.23. The Balaban J connectivity index is 1.41. The molecule has 0 saturated heterocycles. The minimum atomic E-state index is -0.597. The number of carbonyl (C=O) groups excluding carboxylic acids is 2. The van der Waals surface area contributed by atoms with Gasteiger partial charge in [-0.25, -0.2) is 14.6 Å². The topological polar surface area (TPSA) is 119 Å². The van der Waals surface area contributed by atoms with Gasteiger partial charge in [-0.1, -0.05) is 25.1 Å². The number of hydrogen-bond donors (Lipinski definition) is 2. The van der Waals surface area contributed by atoms with Crippen LogP contribution in [-0.4, -0.2) is 31.6 Å². The highest BCUT2D eigenvalue weighted by atomic mass is 32.1. The lowest BCUT2D eigenvalue weighted by molar-refractivity contribution is 0.0845. The molecule has 3 aromatic heterocycles. The molecule has 9 nitrogen and oxygen atoms in total. The maximum atomic E-state index is 13.0. The van der Waals surface area contributed by atoms with Crippen molar-refractivity contribution in [1.82, 2.24) is 30.6 Å². The second-order valence-corrected chi connectivity index (χ2v) is 9.51. The molecular weight excluding hydrogens is 452 g/mol. The zero-order chi connectivity index (χ0) is 24.0. The zero-order valence-electron chi connectivity index (χ0n) is 19.1. The second-order valence-electron chi connectivity index (χ2n) is 8.51. The maximum absolute atomic E-state index is 13.0. The fourth-order valence-electron chi connectivity index (χ4n) is 4.10. The number of rotatable bonds is 5. The van der Waals surface area contributed by atoms with Gasteiger partial charge in [-0.15, -0.1) is 11.3 Å². The predicted octanol–water partition coefficient (Wildman–Crippen LogP) is 3.38. The standard InChI is InChI=1S/C24H24N6O3S/c1-4-11-30-24(33)16-8-6-5-7-15(16)18(29-30)21(31)27-28-22(32)19-12(2)17-13(3)25-20(14-9-10-14)26-23(17)34-19/h5-8,14H,4,9-11H2,1-3H3,(H,27,31)(H,28,32). The van der Waals surface area contributed by atoms with Crippen LogP contribution in [0.5, 0.6) is 0 Å². The SMILES string of the molecule is CCCn1nc(C(=O)NNC(=O)c2sc3nc(C4CC4)nc(C)c3c2C)c2ccccc2c1=O. The van der Waals surface area contributed by atoms with E-state index in [1.807, 2.05) is 20.8 Å².